The second-order valence-electron chi connectivity index (χ2n) is 7.33. The van der Waals surface area contributed by atoms with Crippen molar-refractivity contribution in [1.82, 2.24) is 15.0 Å². The molecule has 9 heteroatoms. The molecule has 2 N–H and O–H groups in total. The lowest BCUT2D eigenvalue weighted by Gasteiger charge is -2.36. The summed E-state index contributed by atoms with van der Waals surface area (Å²) in [5.41, 5.74) is 3.25. The van der Waals surface area contributed by atoms with Crippen LogP contribution in [-0.4, -0.2) is 59.6 Å². The molecule has 2 aliphatic rings. The van der Waals surface area contributed by atoms with E-state index in [4.69, 9.17) is 16.3 Å². The van der Waals surface area contributed by atoms with Crippen molar-refractivity contribution in [1.29, 1.82) is 0 Å². The van der Waals surface area contributed by atoms with E-state index in [9.17, 15) is 5.11 Å². The fourth-order valence-corrected chi connectivity index (χ4v) is 4.04. The van der Waals surface area contributed by atoms with E-state index in [0.717, 1.165) is 48.8 Å². The molecule has 1 aromatic carbocycles. The molecule has 0 radical (unpaired) electrons. The highest BCUT2D eigenvalue weighted by atomic mass is 35.5. The number of anilines is 2. The molecule has 0 amide bonds. The number of halogens is 1. The number of imidazole rings is 1. The van der Waals surface area contributed by atoms with Crippen molar-refractivity contribution in [3.05, 3.63) is 52.8 Å². The molecule has 0 bridgehead atoms. The molecule has 5 rings (SSSR count). The quantitative estimate of drug-likeness (QED) is 0.647. The minimum absolute atomic E-state index is 0.0495. The summed E-state index contributed by atoms with van der Waals surface area (Å²) in [7, 11) is 1.69. The number of methoxy groups -OCH3 is 1. The molecule has 0 atom stereocenters. The first-order chi connectivity index (χ1) is 15.1. The number of aromatic amines is 1. The SMILES string of the molecule is COc1ccccc1N1CCN(c2nc(O)c(C=C3C=Nc4ncc(Cl)cc43)[nH]2)CC1. The summed E-state index contributed by atoms with van der Waals surface area (Å²) >= 11 is 6.07. The summed E-state index contributed by atoms with van der Waals surface area (Å²) < 4.78 is 5.49. The Kier molecular flexibility index (Phi) is 4.99. The third-order valence-electron chi connectivity index (χ3n) is 5.47. The molecule has 0 saturated carbocycles. The van der Waals surface area contributed by atoms with Crippen LogP contribution < -0.4 is 14.5 Å². The number of allylic oxidation sites excluding steroid dienone is 1. The van der Waals surface area contributed by atoms with Gasteiger partial charge in [-0.2, -0.15) is 4.98 Å². The number of ether oxygens (including phenoxy) is 1. The molecule has 1 fully saturated rings. The molecule has 0 unspecified atom stereocenters. The van der Waals surface area contributed by atoms with Crippen molar-refractivity contribution in [2.75, 3.05) is 43.1 Å². The summed E-state index contributed by atoms with van der Waals surface area (Å²) in [5.74, 6) is 2.07. The molecule has 3 aromatic rings. The van der Waals surface area contributed by atoms with Crippen LogP contribution in [0.3, 0.4) is 0 Å². The van der Waals surface area contributed by atoms with Crippen LogP contribution in [-0.2, 0) is 0 Å². The Morgan fingerprint density at radius 1 is 1.16 bits per heavy atom. The van der Waals surface area contributed by atoms with Gasteiger partial charge >= 0.3 is 0 Å². The van der Waals surface area contributed by atoms with Gasteiger partial charge in [-0.3, -0.25) is 0 Å². The predicted molar refractivity (Wildman–Crippen MR) is 123 cm³/mol. The molecule has 8 nitrogen and oxygen atoms in total. The zero-order valence-electron chi connectivity index (χ0n) is 16.9. The summed E-state index contributed by atoms with van der Waals surface area (Å²) in [5, 5.41) is 10.9. The number of aromatic nitrogens is 3. The third-order valence-corrected chi connectivity index (χ3v) is 5.68. The van der Waals surface area contributed by atoms with Crippen molar-refractivity contribution < 1.29 is 9.84 Å². The predicted octanol–water partition coefficient (Wildman–Crippen LogP) is 3.76. The number of benzene rings is 1. The lowest BCUT2D eigenvalue weighted by atomic mass is 10.1. The number of aliphatic imine (C=N–C) groups is 1. The van der Waals surface area contributed by atoms with Crippen molar-refractivity contribution in [2.24, 2.45) is 4.99 Å². The van der Waals surface area contributed by atoms with Crippen LogP contribution in [0.15, 0.2) is 41.5 Å². The van der Waals surface area contributed by atoms with Gasteiger partial charge in [-0.25, -0.2) is 9.98 Å². The lowest BCUT2D eigenvalue weighted by Crippen LogP contribution is -2.47. The first-order valence-electron chi connectivity index (χ1n) is 9.96. The molecule has 2 aromatic heterocycles. The molecule has 2 aliphatic heterocycles. The van der Waals surface area contributed by atoms with Crippen LogP contribution in [0.4, 0.5) is 17.5 Å². The Labute approximate surface area is 184 Å². The van der Waals surface area contributed by atoms with E-state index in [0.29, 0.717) is 22.5 Å². The highest BCUT2D eigenvalue weighted by Gasteiger charge is 2.23. The number of nitrogens with zero attached hydrogens (tertiary/aromatic N) is 5. The monoisotopic (exact) mass is 436 g/mol. The number of rotatable bonds is 4. The van der Waals surface area contributed by atoms with Crippen molar-refractivity contribution >= 4 is 46.9 Å². The molecule has 158 valence electrons. The van der Waals surface area contributed by atoms with Crippen molar-refractivity contribution in [3.8, 4) is 11.6 Å². The number of pyridine rings is 1. The highest BCUT2D eigenvalue weighted by molar-refractivity contribution is 6.31. The molecule has 31 heavy (non-hydrogen) atoms. The van der Waals surface area contributed by atoms with Crippen LogP contribution >= 0.6 is 11.6 Å². The topological polar surface area (TPSA) is 89.9 Å². The standard InChI is InChI=1S/C22H21ClN6O2/c1-31-19-5-3-2-4-18(19)28-6-8-29(9-7-28)22-26-17(21(30)27-22)10-14-12-24-20-16(14)11-15(23)13-25-20/h2-5,10-13,30H,6-9H2,1H3,(H,26,27). The van der Waals surface area contributed by atoms with Crippen LogP contribution in [0.2, 0.25) is 5.02 Å². The maximum Gasteiger partial charge on any atom is 0.238 e. The van der Waals surface area contributed by atoms with Crippen LogP contribution in [0, 0.1) is 0 Å². The van der Waals surface area contributed by atoms with E-state index in [1.165, 1.54) is 0 Å². The second kappa shape index (κ2) is 7.96. The number of hydrogen-bond donors (Lipinski definition) is 2. The molecule has 0 spiro atoms. The smallest absolute Gasteiger partial charge is 0.238 e. The van der Waals surface area contributed by atoms with Crippen LogP contribution in [0.1, 0.15) is 11.3 Å². The minimum Gasteiger partial charge on any atom is -0.495 e. The van der Waals surface area contributed by atoms with Gasteiger partial charge in [0.1, 0.15) is 11.4 Å². The fourth-order valence-electron chi connectivity index (χ4n) is 3.88. The number of fused-ring (bicyclic) bond motifs is 1. The number of H-pyrrole nitrogens is 1. The molecule has 1 saturated heterocycles. The molecule has 0 aliphatic carbocycles. The van der Waals surface area contributed by atoms with Gasteiger partial charge in [0.25, 0.3) is 0 Å². The Morgan fingerprint density at radius 2 is 1.94 bits per heavy atom. The normalized spacial score (nSPS) is 16.8. The van der Waals surface area contributed by atoms with Crippen LogP contribution in [0.25, 0.3) is 11.6 Å². The van der Waals surface area contributed by atoms with E-state index >= 15 is 0 Å². The average molecular weight is 437 g/mol. The number of nitrogens with one attached hydrogen (secondary N) is 1. The summed E-state index contributed by atoms with van der Waals surface area (Å²) in [4.78, 5) is 20.5. The van der Waals surface area contributed by atoms with E-state index in [1.807, 2.05) is 30.3 Å². The van der Waals surface area contributed by atoms with E-state index in [-0.39, 0.29) is 5.88 Å². The zero-order chi connectivity index (χ0) is 21.4. The largest absolute Gasteiger partial charge is 0.495 e. The second-order valence-corrected chi connectivity index (χ2v) is 7.76. The van der Waals surface area contributed by atoms with Gasteiger partial charge in [0.15, 0.2) is 5.82 Å². The maximum absolute atomic E-state index is 10.4. The van der Waals surface area contributed by atoms with Crippen molar-refractivity contribution in [3.63, 3.8) is 0 Å². The minimum atomic E-state index is -0.0495. The first-order valence-corrected chi connectivity index (χ1v) is 10.3. The van der Waals surface area contributed by atoms with Crippen molar-refractivity contribution in [2.45, 2.75) is 0 Å². The van der Waals surface area contributed by atoms with Gasteiger partial charge in [-0.05, 0) is 24.3 Å². The van der Waals surface area contributed by atoms with Gasteiger partial charge in [0.05, 0.1) is 17.8 Å². The third kappa shape index (κ3) is 3.70. The summed E-state index contributed by atoms with van der Waals surface area (Å²) in [6.45, 7) is 3.18. The lowest BCUT2D eigenvalue weighted by molar-refractivity contribution is 0.413. The van der Waals surface area contributed by atoms with Crippen LogP contribution in [0.5, 0.6) is 11.6 Å². The average Bonchev–Trinajstić information content (AvgIpc) is 3.37. The van der Waals surface area contributed by atoms with E-state index < -0.39 is 0 Å². The molecular weight excluding hydrogens is 416 g/mol. The Morgan fingerprint density at radius 3 is 2.74 bits per heavy atom. The Bertz CT molecular complexity index is 1180. The number of hydrogen-bond acceptors (Lipinski definition) is 7. The number of piperazine rings is 1. The van der Waals surface area contributed by atoms with Gasteiger partial charge in [0.2, 0.25) is 11.8 Å². The molecule has 4 heterocycles. The van der Waals surface area contributed by atoms with Gasteiger partial charge < -0.3 is 24.6 Å². The highest BCUT2D eigenvalue weighted by Crippen LogP contribution is 2.34. The number of para-hydroxylation sites is 2. The van der Waals surface area contributed by atoms with Gasteiger partial charge in [-0.15, -0.1) is 0 Å². The van der Waals surface area contributed by atoms with E-state index in [2.05, 4.69) is 35.8 Å². The number of aromatic hydroxyl groups is 1. The van der Waals surface area contributed by atoms with E-state index in [1.54, 1.807) is 19.5 Å². The Balaban J connectivity index is 1.33. The summed E-state index contributed by atoms with van der Waals surface area (Å²) in [6.07, 6.45) is 5.08. The maximum atomic E-state index is 10.4. The molecular formula is C22H21ClN6O2. The zero-order valence-corrected chi connectivity index (χ0v) is 17.7. The van der Waals surface area contributed by atoms with Gasteiger partial charge in [-0.1, -0.05) is 23.7 Å². The Hall–Kier alpha value is -3.52. The summed E-state index contributed by atoms with van der Waals surface area (Å²) in [6, 6.07) is 9.84. The fraction of sp³-hybridized carbons (Fsp3) is 0.227. The first kappa shape index (κ1) is 19.4. The van der Waals surface area contributed by atoms with Gasteiger partial charge in [0, 0.05) is 49.7 Å².